The summed E-state index contributed by atoms with van der Waals surface area (Å²) in [4.78, 5) is 22.5. The monoisotopic (exact) mass is 303 g/mol. The lowest BCUT2D eigenvalue weighted by molar-refractivity contribution is -0.858. The number of carboxylic acid groups (broad SMARTS) is 1. The van der Waals surface area contributed by atoms with Crippen LogP contribution in [0.5, 0.6) is 5.75 Å². The van der Waals surface area contributed by atoms with Crippen LogP contribution in [0, 0.1) is 0 Å². The Bertz CT molecular complexity index is 462. The standard InChI is InChI=1S/C9H7ClO4.C4H11NO/c1-5(11)14-8-6(9(12)13)3-2-4-7(8)10;1-5(2)3-4-6/h2-4H,1H3,(H,12,13);6H,3-4H2,1-2H3. The van der Waals surface area contributed by atoms with E-state index in [1.165, 1.54) is 23.1 Å². The Labute approximate surface area is 122 Å². The first-order chi connectivity index (χ1) is 9.29. The van der Waals surface area contributed by atoms with Gasteiger partial charge in [-0.15, -0.1) is 0 Å². The number of quaternary nitrogens is 1. The summed E-state index contributed by atoms with van der Waals surface area (Å²) in [5, 5.41) is 18.9. The molecule has 0 fully saturated rings. The molecule has 0 radical (unpaired) electrons. The van der Waals surface area contributed by atoms with Gasteiger partial charge in [-0.2, -0.15) is 0 Å². The number of nitrogens with one attached hydrogen (secondary N) is 1. The summed E-state index contributed by atoms with van der Waals surface area (Å²) in [6.07, 6.45) is 0. The van der Waals surface area contributed by atoms with Crippen LogP contribution in [0.15, 0.2) is 18.2 Å². The second-order valence-corrected chi connectivity index (χ2v) is 4.59. The molecule has 112 valence electrons. The Hall–Kier alpha value is -1.63. The minimum atomic E-state index is -1.44. The van der Waals surface area contributed by atoms with Crippen molar-refractivity contribution >= 4 is 23.5 Å². The molecule has 0 atom stereocenters. The van der Waals surface area contributed by atoms with E-state index in [-0.39, 0.29) is 16.3 Å². The molecule has 1 aromatic carbocycles. The van der Waals surface area contributed by atoms with Crippen molar-refractivity contribution in [3.05, 3.63) is 28.8 Å². The number of aromatic carboxylic acids is 1. The van der Waals surface area contributed by atoms with E-state index in [0.29, 0.717) is 6.61 Å². The Morgan fingerprint density at radius 2 is 2.00 bits per heavy atom. The quantitative estimate of drug-likeness (QED) is 0.536. The number of hydrogen-bond donors (Lipinski definition) is 2. The van der Waals surface area contributed by atoms with Gasteiger partial charge in [0.15, 0.2) is 5.75 Å². The van der Waals surface area contributed by atoms with Crippen LogP contribution in [0.3, 0.4) is 0 Å². The molecule has 20 heavy (non-hydrogen) atoms. The number of carboxylic acids is 1. The lowest BCUT2D eigenvalue weighted by Crippen LogP contribution is -3.06. The number of aliphatic hydroxyl groups is 1. The highest BCUT2D eigenvalue weighted by Gasteiger charge is 2.10. The maximum Gasteiger partial charge on any atom is 0.308 e. The van der Waals surface area contributed by atoms with Crippen LogP contribution < -0.4 is 14.7 Å². The Balaban J connectivity index is 0.000000511. The first kappa shape index (κ1) is 18.4. The molecule has 6 nitrogen and oxygen atoms in total. The number of para-hydroxylation sites is 1. The molecule has 0 unspecified atom stereocenters. The molecule has 7 heteroatoms. The summed E-state index contributed by atoms with van der Waals surface area (Å²) in [6.45, 7) is 2.30. The van der Waals surface area contributed by atoms with Crippen molar-refractivity contribution in [3.8, 4) is 5.75 Å². The van der Waals surface area contributed by atoms with Gasteiger partial charge in [-0.3, -0.25) is 4.79 Å². The highest BCUT2D eigenvalue weighted by molar-refractivity contribution is 6.32. The fourth-order valence-electron chi connectivity index (χ4n) is 1.14. The Morgan fingerprint density at radius 1 is 1.40 bits per heavy atom. The van der Waals surface area contributed by atoms with Gasteiger partial charge in [0.25, 0.3) is 0 Å². The number of carbonyl (C=O) groups is 2. The van der Waals surface area contributed by atoms with Crippen LogP contribution in [-0.4, -0.2) is 44.3 Å². The van der Waals surface area contributed by atoms with Crippen molar-refractivity contribution < 1.29 is 29.4 Å². The normalized spacial score (nSPS) is 9.70. The van der Waals surface area contributed by atoms with Crippen LogP contribution in [0.4, 0.5) is 0 Å². The second kappa shape index (κ2) is 9.30. The Morgan fingerprint density at radius 3 is 2.35 bits per heavy atom. The van der Waals surface area contributed by atoms with E-state index in [2.05, 4.69) is 4.74 Å². The molecular formula is C13H18ClNO5. The highest BCUT2D eigenvalue weighted by atomic mass is 35.5. The zero-order valence-electron chi connectivity index (χ0n) is 11.6. The van der Waals surface area contributed by atoms with E-state index in [1.54, 1.807) is 0 Å². The second-order valence-electron chi connectivity index (χ2n) is 4.18. The van der Waals surface area contributed by atoms with Gasteiger partial charge in [-0.1, -0.05) is 17.7 Å². The average molecular weight is 304 g/mol. The predicted octanol–water partition coefficient (Wildman–Crippen LogP) is -1.25. The summed E-state index contributed by atoms with van der Waals surface area (Å²) in [5.41, 5.74) is -0.243. The van der Waals surface area contributed by atoms with E-state index >= 15 is 0 Å². The van der Waals surface area contributed by atoms with E-state index in [4.69, 9.17) is 16.7 Å². The molecule has 0 bridgehead atoms. The molecule has 0 heterocycles. The van der Waals surface area contributed by atoms with E-state index in [0.717, 1.165) is 13.5 Å². The van der Waals surface area contributed by atoms with Gasteiger partial charge in [-0.05, 0) is 12.1 Å². The third-order valence-corrected chi connectivity index (χ3v) is 2.34. The number of aliphatic hydroxyl groups excluding tert-OH is 1. The fraction of sp³-hybridized carbons (Fsp3) is 0.385. The van der Waals surface area contributed by atoms with Gasteiger partial charge in [0.05, 0.1) is 31.7 Å². The molecule has 1 aromatic rings. The minimum absolute atomic E-state index is 0.0573. The summed E-state index contributed by atoms with van der Waals surface area (Å²) >= 11 is 5.65. The van der Waals surface area contributed by atoms with Crippen LogP contribution in [-0.2, 0) is 4.79 Å². The SMILES string of the molecule is CC(=O)Oc1c(Cl)cccc1C(=O)[O-].C[NH+](C)CCO. The van der Waals surface area contributed by atoms with Gasteiger partial charge in [0.2, 0.25) is 0 Å². The van der Waals surface area contributed by atoms with E-state index in [9.17, 15) is 14.7 Å². The average Bonchev–Trinajstić information content (AvgIpc) is 2.31. The van der Waals surface area contributed by atoms with Crippen LogP contribution in [0.2, 0.25) is 5.02 Å². The lowest BCUT2D eigenvalue weighted by Gasteiger charge is -2.10. The molecule has 0 saturated carbocycles. The number of carbonyl (C=O) groups excluding carboxylic acids is 2. The number of esters is 1. The topological polar surface area (TPSA) is 91.1 Å². The summed E-state index contributed by atoms with van der Waals surface area (Å²) < 4.78 is 4.65. The fourth-order valence-corrected chi connectivity index (χ4v) is 1.35. The summed E-state index contributed by atoms with van der Waals surface area (Å²) in [5.74, 6) is -2.26. The van der Waals surface area contributed by atoms with Crippen LogP contribution in [0.1, 0.15) is 17.3 Å². The highest BCUT2D eigenvalue weighted by Crippen LogP contribution is 2.28. The largest absolute Gasteiger partial charge is 0.545 e. The van der Waals surface area contributed by atoms with Crippen LogP contribution in [0.25, 0.3) is 0 Å². The van der Waals surface area contributed by atoms with Crippen molar-refractivity contribution in [3.63, 3.8) is 0 Å². The number of ether oxygens (including phenoxy) is 1. The zero-order chi connectivity index (χ0) is 15.7. The number of halogens is 1. The molecule has 0 amide bonds. The van der Waals surface area contributed by atoms with Crippen molar-refractivity contribution in [1.82, 2.24) is 0 Å². The van der Waals surface area contributed by atoms with Crippen molar-refractivity contribution in [2.24, 2.45) is 0 Å². The first-order valence-electron chi connectivity index (χ1n) is 5.87. The van der Waals surface area contributed by atoms with Crippen molar-refractivity contribution in [2.45, 2.75) is 6.92 Å². The maximum absolute atomic E-state index is 10.6. The zero-order valence-corrected chi connectivity index (χ0v) is 12.4. The molecule has 1 rings (SSSR count). The van der Waals surface area contributed by atoms with Gasteiger partial charge < -0.3 is 24.6 Å². The molecule has 2 N–H and O–H groups in total. The molecular weight excluding hydrogens is 286 g/mol. The number of hydrogen-bond acceptors (Lipinski definition) is 5. The van der Waals surface area contributed by atoms with Crippen LogP contribution >= 0.6 is 11.6 Å². The lowest BCUT2D eigenvalue weighted by atomic mass is 10.2. The maximum atomic E-state index is 10.6. The van der Waals surface area contributed by atoms with Gasteiger partial charge in [0.1, 0.15) is 6.54 Å². The third-order valence-electron chi connectivity index (χ3n) is 2.04. The summed E-state index contributed by atoms with van der Waals surface area (Å²) in [7, 11) is 4.02. The van der Waals surface area contributed by atoms with Gasteiger partial charge >= 0.3 is 5.97 Å². The third kappa shape index (κ3) is 7.08. The number of likely N-dealkylation sites (N-methyl/N-ethyl adjacent to an activating group) is 1. The van der Waals surface area contributed by atoms with E-state index < -0.39 is 11.9 Å². The molecule has 0 aliphatic carbocycles. The molecule has 0 spiro atoms. The molecule has 0 aliphatic rings. The smallest absolute Gasteiger partial charge is 0.308 e. The van der Waals surface area contributed by atoms with Gasteiger partial charge in [-0.25, -0.2) is 0 Å². The Kier molecular flexibility index (Phi) is 8.54. The summed E-state index contributed by atoms with van der Waals surface area (Å²) in [6, 6.07) is 4.10. The first-order valence-corrected chi connectivity index (χ1v) is 6.25. The van der Waals surface area contributed by atoms with Crippen molar-refractivity contribution in [2.75, 3.05) is 27.2 Å². The van der Waals surface area contributed by atoms with Gasteiger partial charge in [0, 0.05) is 12.5 Å². The number of rotatable bonds is 4. The number of benzene rings is 1. The minimum Gasteiger partial charge on any atom is -0.545 e. The molecule has 0 saturated heterocycles. The molecule has 0 aliphatic heterocycles. The predicted molar refractivity (Wildman–Crippen MR) is 71.9 cm³/mol. The molecule has 0 aromatic heterocycles. The van der Waals surface area contributed by atoms with Crippen molar-refractivity contribution in [1.29, 1.82) is 0 Å². The van der Waals surface area contributed by atoms with E-state index in [1.807, 2.05) is 14.1 Å².